The maximum absolute atomic E-state index is 4.01. The highest BCUT2D eigenvalue weighted by atomic mass is 15.1. The number of nitrogens with one attached hydrogen (secondary N) is 2. The van der Waals surface area contributed by atoms with E-state index in [9.17, 15) is 0 Å². The van der Waals surface area contributed by atoms with Gasteiger partial charge in [0.15, 0.2) is 0 Å². The number of H-pyrrole nitrogens is 1. The zero-order valence-electron chi connectivity index (χ0n) is 9.53. The van der Waals surface area contributed by atoms with E-state index in [-0.39, 0.29) is 0 Å². The van der Waals surface area contributed by atoms with Crippen molar-refractivity contribution in [2.24, 2.45) is 0 Å². The van der Waals surface area contributed by atoms with E-state index in [0.717, 1.165) is 12.6 Å². The number of hydrogen-bond donors (Lipinski definition) is 2. The molecule has 0 saturated heterocycles. The third kappa shape index (κ3) is 2.79. The van der Waals surface area contributed by atoms with E-state index in [1.165, 1.54) is 25.0 Å². The molecule has 15 heavy (non-hydrogen) atoms. The molecule has 1 fully saturated rings. The molecular weight excluding hydrogens is 188 g/mol. The Balaban J connectivity index is 1.73. The summed E-state index contributed by atoms with van der Waals surface area (Å²) in [6.07, 6.45) is 7.48. The van der Waals surface area contributed by atoms with Gasteiger partial charge in [0.05, 0.1) is 6.33 Å². The molecule has 0 aliphatic heterocycles. The average molecular weight is 208 g/mol. The fraction of sp³-hybridized carbons (Fsp3) is 0.727. The molecule has 2 N–H and O–H groups in total. The molecular formula is C11H20N4. The summed E-state index contributed by atoms with van der Waals surface area (Å²) in [4.78, 5) is 9.45. The Hall–Kier alpha value is -0.870. The Morgan fingerprint density at radius 3 is 3.00 bits per heavy atom. The molecule has 1 heterocycles. The minimum atomic E-state index is 0.667. The van der Waals surface area contributed by atoms with Crippen LogP contribution >= 0.6 is 0 Å². The van der Waals surface area contributed by atoms with Gasteiger partial charge in [-0.25, -0.2) is 4.98 Å². The van der Waals surface area contributed by atoms with Crippen LogP contribution in [0.2, 0.25) is 0 Å². The van der Waals surface area contributed by atoms with E-state index in [1.807, 2.05) is 6.20 Å². The van der Waals surface area contributed by atoms with Crippen LogP contribution in [0.15, 0.2) is 12.5 Å². The summed E-state index contributed by atoms with van der Waals surface area (Å²) in [5.41, 5.74) is 1.17. The van der Waals surface area contributed by atoms with Gasteiger partial charge in [0.2, 0.25) is 0 Å². The molecule has 1 aliphatic rings. The van der Waals surface area contributed by atoms with Gasteiger partial charge in [-0.3, -0.25) is 0 Å². The second-order valence-electron chi connectivity index (χ2n) is 4.59. The van der Waals surface area contributed by atoms with Crippen molar-refractivity contribution >= 4 is 0 Å². The highest BCUT2D eigenvalue weighted by Crippen LogP contribution is 2.22. The van der Waals surface area contributed by atoms with E-state index < -0.39 is 0 Å². The summed E-state index contributed by atoms with van der Waals surface area (Å²) in [7, 11) is 4.34. The lowest BCUT2D eigenvalue weighted by molar-refractivity contribution is 0.293. The molecule has 2 rings (SSSR count). The lowest BCUT2D eigenvalue weighted by atomic mass is 10.2. The molecule has 0 radical (unpaired) electrons. The minimum absolute atomic E-state index is 0.667. The summed E-state index contributed by atoms with van der Waals surface area (Å²) in [5.74, 6) is 0. The molecule has 0 amide bonds. The summed E-state index contributed by atoms with van der Waals surface area (Å²) in [5, 5.41) is 3.57. The number of aromatic amines is 1. The van der Waals surface area contributed by atoms with Crippen molar-refractivity contribution < 1.29 is 0 Å². The Bertz CT molecular complexity index is 281. The zero-order valence-corrected chi connectivity index (χ0v) is 9.53. The molecule has 0 aromatic carbocycles. The lowest BCUT2D eigenvalue weighted by Gasteiger charge is -2.19. The van der Waals surface area contributed by atoms with Crippen LogP contribution in [0, 0.1) is 0 Å². The summed E-state index contributed by atoms with van der Waals surface area (Å²) in [6, 6.07) is 1.42. The maximum Gasteiger partial charge on any atom is 0.0922 e. The molecule has 4 nitrogen and oxygen atoms in total. The second-order valence-corrected chi connectivity index (χ2v) is 4.59. The Morgan fingerprint density at radius 2 is 2.40 bits per heavy atom. The number of hydrogen-bond acceptors (Lipinski definition) is 3. The van der Waals surface area contributed by atoms with Crippen LogP contribution in [0.4, 0.5) is 0 Å². The Morgan fingerprint density at radius 1 is 1.53 bits per heavy atom. The summed E-state index contributed by atoms with van der Waals surface area (Å²) >= 11 is 0. The monoisotopic (exact) mass is 208 g/mol. The molecule has 2 unspecified atom stereocenters. The first kappa shape index (κ1) is 10.6. The quantitative estimate of drug-likeness (QED) is 0.775. The van der Waals surface area contributed by atoms with Crippen molar-refractivity contribution in [3.05, 3.63) is 18.2 Å². The maximum atomic E-state index is 4.01. The van der Waals surface area contributed by atoms with Gasteiger partial charge in [-0.1, -0.05) is 0 Å². The Labute approximate surface area is 91.1 Å². The molecule has 1 saturated carbocycles. The lowest BCUT2D eigenvalue weighted by Crippen LogP contribution is -2.30. The largest absolute Gasteiger partial charge is 0.347 e. The summed E-state index contributed by atoms with van der Waals surface area (Å²) in [6.45, 7) is 0.908. The van der Waals surface area contributed by atoms with Gasteiger partial charge in [-0.15, -0.1) is 0 Å². The van der Waals surface area contributed by atoms with Crippen molar-refractivity contribution in [1.82, 2.24) is 20.2 Å². The van der Waals surface area contributed by atoms with Gasteiger partial charge in [-0.2, -0.15) is 0 Å². The molecule has 0 bridgehead atoms. The van der Waals surface area contributed by atoms with Gasteiger partial charge in [-0.05, 0) is 33.4 Å². The van der Waals surface area contributed by atoms with Crippen molar-refractivity contribution in [3.63, 3.8) is 0 Å². The van der Waals surface area contributed by atoms with Crippen molar-refractivity contribution in [3.8, 4) is 0 Å². The second kappa shape index (κ2) is 4.77. The zero-order chi connectivity index (χ0) is 10.7. The van der Waals surface area contributed by atoms with E-state index in [0.29, 0.717) is 6.04 Å². The minimum Gasteiger partial charge on any atom is -0.347 e. The van der Waals surface area contributed by atoms with E-state index in [1.54, 1.807) is 6.33 Å². The van der Waals surface area contributed by atoms with Crippen molar-refractivity contribution in [2.75, 3.05) is 14.1 Å². The number of aromatic nitrogens is 2. The normalized spacial score (nSPS) is 26.3. The Kier molecular flexibility index (Phi) is 3.38. The van der Waals surface area contributed by atoms with Crippen LogP contribution in [-0.4, -0.2) is 41.0 Å². The molecule has 1 aromatic rings. The third-order valence-corrected chi connectivity index (χ3v) is 3.27. The molecule has 1 aromatic heterocycles. The molecule has 1 aliphatic carbocycles. The van der Waals surface area contributed by atoms with Crippen LogP contribution in [-0.2, 0) is 6.54 Å². The fourth-order valence-electron chi connectivity index (χ4n) is 2.25. The number of nitrogens with zero attached hydrogens (tertiary/aromatic N) is 2. The first-order valence-electron chi connectivity index (χ1n) is 5.63. The predicted octanol–water partition coefficient (Wildman–Crippen LogP) is 0.982. The molecule has 84 valence electrons. The van der Waals surface area contributed by atoms with Gasteiger partial charge < -0.3 is 15.2 Å². The topological polar surface area (TPSA) is 44.0 Å². The van der Waals surface area contributed by atoms with Gasteiger partial charge in [0.1, 0.15) is 0 Å². The van der Waals surface area contributed by atoms with Crippen LogP contribution in [0.1, 0.15) is 25.0 Å². The first-order valence-corrected chi connectivity index (χ1v) is 5.63. The summed E-state index contributed by atoms with van der Waals surface area (Å²) < 4.78 is 0. The standard InChI is InChI=1S/C11H20N4/c1-15(2)11-4-3-9(5-11)13-7-10-6-12-8-14-10/h6,8-9,11,13H,3-5,7H2,1-2H3,(H,12,14). The van der Waals surface area contributed by atoms with E-state index >= 15 is 0 Å². The highest BCUT2D eigenvalue weighted by Gasteiger charge is 2.25. The van der Waals surface area contributed by atoms with Crippen LogP contribution < -0.4 is 5.32 Å². The average Bonchev–Trinajstić information content (AvgIpc) is 2.86. The molecule has 0 spiro atoms. The first-order chi connectivity index (χ1) is 7.25. The highest BCUT2D eigenvalue weighted by molar-refractivity contribution is 4.95. The van der Waals surface area contributed by atoms with Crippen molar-refractivity contribution in [2.45, 2.75) is 37.9 Å². The van der Waals surface area contributed by atoms with Crippen LogP contribution in [0.5, 0.6) is 0 Å². The molecule has 2 atom stereocenters. The van der Waals surface area contributed by atoms with Gasteiger partial charge >= 0.3 is 0 Å². The van der Waals surface area contributed by atoms with Crippen LogP contribution in [0.3, 0.4) is 0 Å². The predicted molar refractivity (Wildman–Crippen MR) is 60.5 cm³/mol. The van der Waals surface area contributed by atoms with Crippen LogP contribution in [0.25, 0.3) is 0 Å². The van der Waals surface area contributed by atoms with Gasteiger partial charge in [0.25, 0.3) is 0 Å². The molecule has 4 heteroatoms. The number of rotatable bonds is 4. The fourth-order valence-corrected chi connectivity index (χ4v) is 2.25. The third-order valence-electron chi connectivity index (χ3n) is 3.27. The van der Waals surface area contributed by atoms with Crippen molar-refractivity contribution in [1.29, 1.82) is 0 Å². The smallest absolute Gasteiger partial charge is 0.0922 e. The number of imidazole rings is 1. The van der Waals surface area contributed by atoms with E-state index in [4.69, 9.17) is 0 Å². The van der Waals surface area contributed by atoms with E-state index in [2.05, 4.69) is 34.3 Å². The SMILES string of the molecule is CN(C)C1CCC(NCc2cnc[nH]2)C1. The van der Waals surface area contributed by atoms with Gasteiger partial charge in [0, 0.05) is 30.5 Å².